The Balaban J connectivity index is 4.14. The summed E-state index contributed by atoms with van der Waals surface area (Å²) in [5, 5.41) is 18.4. The maximum atomic E-state index is 12.6. The number of unbranched alkanes of at least 4 members (excludes halogenated alkanes) is 31. The van der Waals surface area contributed by atoms with Crippen LogP contribution in [0.2, 0.25) is 0 Å². The molecule has 0 aromatic rings. The predicted octanol–water partition coefficient (Wildman–Crippen LogP) is 14.2. The van der Waals surface area contributed by atoms with Crippen molar-refractivity contribution in [3.63, 3.8) is 0 Å². The normalized spacial score (nSPS) is 14.0. The molecule has 0 amide bonds. The second-order valence-corrected chi connectivity index (χ2v) is 18.0. The van der Waals surface area contributed by atoms with Crippen molar-refractivity contribution < 1.29 is 43.0 Å². The summed E-state index contributed by atoms with van der Waals surface area (Å²) in [5.74, 6) is -0.405. The number of esters is 1. The van der Waals surface area contributed by atoms with Crippen LogP contribution in [-0.2, 0) is 27.9 Å². The van der Waals surface area contributed by atoms with Crippen molar-refractivity contribution in [2.24, 2.45) is 0 Å². The van der Waals surface area contributed by atoms with Gasteiger partial charge in [-0.2, -0.15) is 0 Å². The van der Waals surface area contributed by atoms with E-state index in [1.807, 2.05) is 6.08 Å². The van der Waals surface area contributed by atoms with Gasteiger partial charge in [0.2, 0.25) is 0 Å². The van der Waals surface area contributed by atoms with Crippen LogP contribution in [0.3, 0.4) is 0 Å². The second kappa shape index (κ2) is 45.3. The lowest BCUT2D eigenvalue weighted by Gasteiger charge is -2.20. The van der Waals surface area contributed by atoms with E-state index >= 15 is 0 Å². The molecule has 9 nitrogen and oxygen atoms in total. The van der Waals surface area contributed by atoms with Crippen LogP contribution in [-0.4, -0.2) is 59.7 Å². The standard InChI is InChI=1S/C48H93O9P/c1-3-5-7-9-11-13-15-17-19-21-23-24-26-28-30-32-34-36-38-40-48(51)57-47(45-56-58(52,53)55-43-46(50)42-49)44-54-41-39-37-35-33-31-29-27-25-22-20-18-16-14-12-10-8-6-4-2/h21,23,39,41,46-47,49-50H,3-20,22,24-38,40,42-45H2,1-2H3,(H,52,53)/b23-21-,41-39-/t46-,47+/m0/s1. The summed E-state index contributed by atoms with van der Waals surface area (Å²) < 4.78 is 33.2. The number of carbonyl (C=O) groups is 1. The Hall–Kier alpha value is -1.22. The highest BCUT2D eigenvalue weighted by Gasteiger charge is 2.26. The van der Waals surface area contributed by atoms with Crippen molar-refractivity contribution in [3.8, 4) is 0 Å². The quantitative estimate of drug-likeness (QED) is 0.0180. The molecule has 0 aromatic heterocycles. The van der Waals surface area contributed by atoms with Gasteiger partial charge in [-0.05, 0) is 51.0 Å². The highest BCUT2D eigenvalue weighted by molar-refractivity contribution is 7.47. The third kappa shape index (κ3) is 44.3. The van der Waals surface area contributed by atoms with Crippen LogP contribution in [0.1, 0.15) is 239 Å². The van der Waals surface area contributed by atoms with Crippen LogP contribution in [0, 0.1) is 0 Å². The minimum atomic E-state index is -4.53. The summed E-state index contributed by atoms with van der Waals surface area (Å²) in [6, 6.07) is 0. The van der Waals surface area contributed by atoms with Crippen LogP contribution in [0.4, 0.5) is 0 Å². The Morgan fingerprint density at radius 1 is 0.517 bits per heavy atom. The van der Waals surface area contributed by atoms with Crippen LogP contribution >= 0.6 is 7.82 Å². The summed E-state index contributed by atoms with van der Waals surface area (Å²) >= 11 is 0. The van der Waals surface area contributed by atoms with Crippen LogP contribution in [0.15, 0.2) is 24.5 Å². The molecule has 0 saturated carbocycles. The minimum absolute atomic E-state index is 0.0329. The molecule has 0 rings (SSSR count). The first kappa shape index (κ1) is 56.8. The minimum Gasteiger partial charge on any atom is -0.498 e. The predicted molar refractivity (Wildman–Crippen MR) is 242 cm³/mol. The fourth-order valence-electron chi connectivity index (χ4n) is 6.96. The van der Waals surface area contributed by atoms with Crippen molar-refractivity contribution in [2.45, 2.75) is 251 Å². The number of aliphatic hydroxyl groups excluding tert-OH is 2. The van der Waals surface area contributed by atoms with Crippen molar-refractivity contribution in [2.75, 3.05) is 26.4 Å². The van der Waals surface area contributed by atoms with Gasteiger partial charge in [-0.25, -0.2) is 4.57 Å². The Labute approximate surface area is 357 Å². The van der Waals surface area contributed by atoms with Crippen LogP contribution in [0.5, 0.6) is 0 Å². The van der Waals surface area contributed by atoms with Crippen molar-refractivity contribution in [1.29, 1.82) is 0 Å². The molecular formula is C48H93O9P. The summed E-state index contributed by atoms with van der Waals surface area (Å²) in [5.41, 5.74) is 0. The molecule has 1 unspecified atom stereocenters. The third-order valence-corrected chi connectivity index (χ3v) is 11.7. The van der Waals surface area contributed by atoms with Crippen LogP contribution < -0.4 is 0 Å². The highest BCUT2D eigenvalue weighted by atomic mass is 31.2. The molecule has 0 radical (unpaired) electrons. The first-order chi connectivity index (χ1) is 28.3. The van der Waals surface area contributed by atoms with E-state index in [0.29, 0.717) is 6.42 Å². The summed E-state index contributed by atoms with van der Waals surface area (Å²) in [4.78, 5) is 22.6. The topological polar surface area (TPSA) is 132 Å². The van der Waals surface area contributed by atoms with Gasteiger partial charge in [0.1, 0.15) is 12.7 Å². The van der Waals surface area contributed by atoms with Gasteiger partial charge in [-0.3, -0.25) is 13.8 Å². The number of phosphoric acid groups is 1. The van der Waals surface area contributed by atoms with Crippen molar-refractivity contribution in [1.82, 2.24) is 0 Å². The average Bonchev–Trinajstić information content (AvgIpc) is 3.21. The lowest BCUT2D eigenvalue weighted by Crippen LogP contribution is -2.28. The Morgan fingerprint density at radius 2 is 0.879 bits per heavy atom. The number of hydrogen-bond acceptors (Lipinski definition) is 8. The largest absolute Gasteiger partial charge is 0.498 e. The van der Waals surface area contributed by atoms with Gasteiger partial charge in [-0.1, -0.05) is 199 Å². The first-order valence-corrected chi connectivity index (χ1v) is 25.9. The Morgan fingerprint density at radius 3 is 1.29 bits per heavy atom. The molecular weight excluding hydrogens is 751 g/mol. The zero-order chi connectivity index (χ0) is 42.5. The average molecular weight is 845 g/mol. The van der Waals surface area contributed by atoms with E-state index in [2.05, 4.69) is 26.0 Å². The summed E-state index contributed by atoms with van der Waals surface area (Å²) in [6.07, 6.45) is 49.4. The van der Waals surface area contributed by atoms with Crippen LogP contribution in [0.25, 0.3) is 0 Å². The zero-order valence-electron chi connectivity index (χ0n) is 37.8. The van der Waals surface area contributed by atoms with E-state index in [-0.39, 0.29) is 13.0 Å². The van der Waals surface area contributed by atoms with Gasteiger partial charge in [0.25, 0.3) is 0 Å². The lowest BCUT2D eigenvalue weighted by molar-refractivity contribution is -0.153. The maximum absolute atomic E-state index is 12.6. The number of allylic oxidation sites excluding steroid dienone is 3. The number of hydrogen-bond donors (Lipinski definition) is 3. The third-order valence-electron chi connectivity index (χ3n) is 10.7. The van der Waals surface area contributed by atoms with E-state index in [0.717, 1.165) is 38.5 Å². The molecule has 0 heterocycles. The molecule has 0 bridgehead atoms. The fourth-order valence-corrected chi connectivity index (χ4v) is 7.75. The van der Waals surface area contributed by atoms with Gasteiger partial charge in [0, 0.05) is 6.42 Å². The molecule has 10 heteroatoms. The molecule has 0 aliphatic rings. The number of aliphatic hydroxyl groups is 2. The number of phosphoric ester groups is 1. The van der Waals surface area contributed by atoms with Crippen molar-refractivity contribution >= 4 is 13.8 Å². The lowest BCUT2D eigenvalue weighted by atomic mass is 10.0. The van der Waals surface area contributed by atoms with Crippen molar-refractivity contribution in [3.05, 3.63) is 24.5 Å². The first-order valence-electron chi connectivity index (χ1n) is 24.4. The molecule has 0 aromatic carbocycles. The number of rotatable bonds is 47. The molecule has 3 atom stereocenters. The Bertz CT molecular complexity index is 959. The smallest absolute Gasteiger partial charge is 0.472 e. The maximum Gasteiger partial charge on any atom is 0.472 e. The molecule has 0 aliphatic carbocycles. The molecule has 344 valence electrons. The van der Waals surface area contributed by atoms with E-state index in [9.17, 15) is 19.4 Å². The van der Waals surface area contributed by atoms with Gasteiger partial charge >= 0.3 is 13.8 Å². The number of carbonyl (C=O) groups excluding carboxylic acids is 1. The molecule has 0 saturated heterocycles. The van der Waals surface area contributed by atoms with E-state index in [1.54, 1.807) is 6.26 Å². The van der Waals surface area contributed by atoms with E-state index in [1.165, 1.54) is 173 Å². The SMILES string of the molecule is CCCCCCCCCC/C=C\CCCCCCCCCC(=O)O[C@H](CO/C=C\CCCCCCCCCCCCCCCCCC)COP(=O)(O)OC[C@@H](O)CO. The van der Waals surface area contributed by atoms with Gasteiger partial charge < -0.3 is 24.6 Å². The summed E-state index contributed by atoms with van der Waals surface area (Å²) in [7, 11) is -4.53. The monoisotopic (exact) mass is 845 g/mol. The molecule has 3 N–H and O–H groups in total. The molecule has 58 heavy (non-hydrogen) atoms. The zero-order valence-corrected chi connectivity index (χ0v) is 38.7. The fraction of sp³-hybridized carbons (Fsp3) is 0.896. The van der Waals surface area contributed by atoms with E-state index in [4.69, 9.17) is 23.6 Å². The molecule has 0 aliphatic heterocycles. The Kier molecular flexibility index (Phi) is 44.4. The van der Waals surface area contributed by atoms with Gasteiger partial charge in [-0.15, -0.1) is 0 Å². The summed E-state index contributed by atoms with van der Waals surface area (Å²) in [6.45, 7) is 2.92. The number of ether oxygens (including phenoxy) is 2. The molecule has 0 spiro atoms. The van der Waals surface area contributed by atoms with Gasteiger partial charge in [0.05, 0.1) is 26.1 Å². The molecule has 0 fully saturated rings. The van der Waals surface area contributed by atoms with Gasteiger partial charge in [0.15, 0.2) is 6.10 Å². The second-order valence-electron chi connectivity index (χ2n) is 16.6. The van der Waals surface area contributed by atoms with E-state index < -0.39 is 45.8 Å². The highest BCUT2D eigenvalue weighted by Crippen LogP contribution is 2.43.